The molecule has 5 nitrogen and oxygen atoms in total. The molecule has 0 radical (unpaired) electrons. The highest BCUT2D eigenvalue weighted by molar-refractivity contribution is 5.78. The average Bonchev–Trinajstić information content (AvgIpc) is 2.81. The first kappa shape index (κ1) is 23.5. The molecule has 1 heterocycles. The summed E-state index contributed by atoms with van der Waals surface area (Å²) in [6.45, 7) is 8.40. The molecule has 2 aromatic carbocycles. The van der Waals surface area contributed by atoms with Gasteiger partial charge in [0.15, 0.2) is 0 Å². The lowest BCUT2D eigenvalue weighted by atomic mass is 9.98. The molecular weight excluding hydrogens is 400 g/mol. The monoisotopic (exact) mass is 432 g/mol. The minimum atomic E-state index is 0.00960. The summed E-state index contributed by atoms with van der Waals surface area (Å²) in [6.07, 6.45) is 2.02. The molecule has 1 atom stereocenters. The molecule has 0 fully saturated rings. The highest BCUT2D eigenvalue weighted by Gasteiger charge is 2.16. The number of aryl methyl sites for hydroxylation is 1. The SMILES string of the molecule is CCc1c(-c2ccccc2)nc(CC)n(CCOc2ccc(CC(C)C(C)=O)cc2)c1=O. The molecule has 0 aliphatic heterocycles. The summed E-state index contributed by atoms with van der Waals surface area (Å²) >= 11 is 0. The van der Waals surface area contributed by atoms with E-state index in [0.717, 1.165) is 40.4 Å². The molecule has 0 N–H and O–H groups in total. The number of ether oxygens (including phenoxy) is 1. The Hall–Kier alpha value is -3.21. The number of ketones is 1. The Morgan fingerprint density at radius 3 is 2.31 bits per heavy atom. The third kappa shape index (κ3) is 5.52. The number of rotatable bonds is 10. The maximum atomic E-state index is 13.3. The van der Waals surface area contributed by atoms with E-state index < -0.39 is 0 Å². The van der Waals surface area contributed by atoms with Gasteiger partial charge in [-0.05, 0) is 37.5 Å². The third-order valence-electron chi connectivity index (χ3n) is 5.80. The zero-order valence-corrected chi connectivity index (χ0v) is 19.4. The predicted octanol–water partition coefficient (Wildman–Crippen LogP) is 4.88. The van der Waals surface area contributed by atoms with Gasteiger partial charge in [-0.1, -0.05) is 63.2 Å². The molecular formula is C27H32N2O3. The minimum absolute atomic E-state index is 0.00960. The lowest BCUT2D eigenvalue weighted by Crippen LogP contribution is -2.31. The molecule has 1 unspecified atom stereocenters. The van der Waals surface area contributed by atoms with Crippen molar-refractivity contribution in [1.29, 1.82) is 0 Å². The van der Waals surface area contributed by atoms with Crippen LogP contribution in [-0.4, -0.2) is 21.9 Å². The third-order valence-corrected chi connectivity index (χ3v) is 5.80. The van der Waals surface area contributed by atoms with E-state index in [-0.39, 0.29) is 17.3 Å². The van der Waals surface area contributed by atoms with Crippen molar-refractivity contribution >= 4 is 5.78 Å². The van der Waals surface area contributed by atoms with Crippen molar-refractivity contribution in [2.45, 2.75) is 53.5 Å². The van der Waals surface area contributed by atoms with Crippen molar-refractivity contribution in [2.24, 2.45) is 5.92 Å². The number of aromatic nitrogens is 2. The minimum Gasteiger partial charge on any atom is -0.492 e. The second-order valence-electron chi connectivity index (χ2n) is 8.09. The number of hydrogen-bond donors (Lipinski definition) is 0. The summed E-state index contributed by atoms with van der Waals surface area (Å²) in [5.41, 5.74) is 3.60. The Bertz CT molecular complexity index is 1100. The van der Waals surface area contributed by atoms with Crippen LogP contribution in [-0.2, 0) is 30.6 Å². The van der Waals surface area contributed by atoms with Gasteiger partial charge in [-0.15, -0.1) is 0 Å². The van der Waals surface area contributed by atoms with Gasteiger partial charge in [-0.25, -0.2) is 4.98 Å². The molecule has 0 aliphatic carbocycles. The molecule has 0 amide bonds. The first-order chi connectivity index (χ1) is 15.4. The maximum Gasteiger partial charge on any atom is 0.257 e. The van der Waals surface area contributed by atoms with Crippen molar-refractivity contribution in [3.05, 3.63) is 81.9 Å². The highest BCUT2D eigenvalue weighted by atomic mass is 16.5. The number of benzene rings is 2. The van der Waals surface area contributed by atoms with Crippen molar-refractivity contribution in [2.75, 3.05) is 6.61 Å². The predicted molar refractivity (Wildman–Crippen MR) is 128 cm³/mol. The summed E-state index contributed by atoms with van der Waals surface area (Å²) in [6, 6.07) is 17.7. The van der Waals surface area contributed by atoms with E-state index in [0.29, 0.717) is 26.0 Å². The quantitative estimate of drug-likeness (QED) is 0.458. The number of hydrogen-bond acceptors (Lipinski definition) is 4. The lowest BCUT2D eigenvalue weighted by Gasteiger charge is -2.16. The lowest BCUT2D eigenvalue weighted by molar-refractivity contribution is -0.120. The Morgan fingerprint density at radius 1 is 1.03 bits per heavy atom. The standard InChI is InChI=1S/C27H32N2O3/c1-5-24-26(22-10-8-7-9-11-22)28-25(6-2)29(27(24)31)16-17-32-23-14-12-21(13-15-23)18-19(3)20(4)30/h7-15,19H,5-6,16-18H2,1-4H3. The zero-order valence-electron chi connectivity index (χ0n) is 19.4. The molecule has 32 heavy (non-hydrogen) atoms. The fraction of sp³-hybridized carbons (Fsp3) is 0.370. The van der Waals surface area contributed by atoms with E-state index >= 15 is 0 Å². The number of carbonyl (C=O) groups excluding carboxylic acids is 1. The van der Waals surface area contributed by atoms with E-state index in [4.69, 9.17) is 9.72 Å². The molecule has 3 rings (SSSR count). The largest absolute Gasteiger partial charge is 0.492 e. The van der Waals surface area contributed by atoms with Crippen LogP contribution in [0.5, 0.6) is 5.75 Å². The van der Waals surface area contributed by atoms with Gasteiger partial charge in [0.1, 0.15) is 24.0 Å². The van der Waals surface area contributed by atoms with Gasteiger partial charge < -0.3 is 4.74 Å². The Morgan fingerprint density at radius 2 is 1.72 bits per heavy atom. The van der Waals surface area contributed by atoms with Crippen LogP contribution in [0.3, 0.4) is 0 Å². The topological polar surface area (TPSA) is 61.2 Å². The maximum absolute atomic E-state index is 13.3. The fourth-order valence-corrected chi connectivity index (χ4v) is 3.77. The molecule has 0 spiro atoms. The van der Waals surface area contributed by atoms with Crippen LogP contribution in [0.2, 0.25) is 0 Å². The summed E-state index contributed by atoms with van der Waals surface area (Å²) in [4.78, 5) is 29.6. The normalized spacial score (nSPS) is 11.9. The Kier molecular flexibility index (Phi) is 7.98. The van der Waals surface area contributed by atoms with E-state index in [1.807, 2.05) is 75.4 Å². The van der Waals surface area contributed by atoms with Crippen LogP contribution in [0.4, 0.5) is 0 Å². The van der Waals surface area contributed by atoms with Crippen molar-refractivity contribution in [3.8, 4) is 17.0 Å². The summed E-state index contributed by atoms with van der Waals surface area (Å²) < 4.78 is 7.65. The van der Waals surface area contributed by atoms with Crippen LogP contribution in [0.15, 0.2) is 59.4 Å². The first-order valence-corrected chi connectivity index (χ1v) is 11.3. The van der Waals surface area contributed by atoms with Crippen LogP contribution in [0.1, 0.15) is 44.6 Å². The molecule has 3 aromatic rings. The molecule has 1 aromatic heterocycles. The average molecular weight is 433 g/mol. The highest BCUT2D eigenvalue weighted by Crippen LogP contribution is 2.21. The van der Waals surface area contributed by atoms with E-state index in [2.05, 4.69) is 0 Å². The molecule has 0 aliphatic rings. The van der Waals surface area contributed by atoms with E-state index in [1.54, 1.807) is 11.5 Å². The van der Waals surface area contributed by atoms with E-state index in [1.165, 1.54) is 0 Å². The summed E-state index contributed by atoms with van der Waals surface area (Å²) in [5.74, 6) is 1.73. The molecule has 5 heteroatoms. The van der Waals surface area contributed by atoms with Crippen LogP contribution in [0.25, 0.3) is 11.3 Å². The van der Waals surface area contributed by atoms with Crippen molar-refractivity contribution in [1.82, 2.24) is 9.55 Å². The Labute approximate surface area is 190 Å². The first-order valence-electron chi connectivity index (χ1n) is 11.3. The van der Waals surface area contributed by atoms with Crippen LogP contribution < -0.4 is 10.3 Å². The van der Waals surface area contributed by atoms with Gasteiger partial charge in [-0.2, -0.15) is 0 Å². The molecule has 0 saturated carbocycles. The van der Waals surface area contributed by atoms with Gasteiger partial charge in [0.05, 0.1) is 12.2 Å². The molecule has 0 saturated heterocycles. The van der Waals surface area contributed by atoms with Gasteiger partial charge in [-0.3, -0.25) is 14.2 Å². The Balaban J connectivity index is 1.74. The number of Topliss-reactive ketones (excluding diaryl/α,β-unsaturated/α-hetero) is 1. The van der Waals surface area contributed by atoms with Crippen molar-refractivity contribution < 1.29 is 9.53 Å². The smallest absolute Gasteiger partial charge is 0.257 e. The van der Waals surface area contributed by atoms with Crippen molar-refractivity contribution in [3.63, 3.8) is 0 Å². The second-order valence-corrected chi connectivity index (χ2v) is 8.09. The number of carbonyl (C=O) groups is 1. The van der Waals surface area contributed by atoms with Crippen LogP contribution in [0, 0.1) is 5.92 Å². The fourth-order valence-electron chi connectivity index (χ4n) is 3.77. The van der Waals surface area contributed by atoms with Gasteiger partial charge in [0.25, 0.3) is 5.56 Å². The van der Waals surface area contributed by atoms with E-state index in [9.17, 15) is 9.59 Å². The summed E-state index contributed by atoms with van der Waals surface area (Å²) in [5, 5.41) is 0. The van der Waals surface area contributed by atoms with Crippen LogP contribution >= 0.6 is 0 Å². The molecule has 168 valence electrons. The van der Waals surface area contributed by atoms with Gasteiger partial charge >= 0.3 is 0 Å². The van der Waals surface area contributed by atoms with Gasteiger partial charge in [0, 0.05) is 23.5 Å². The van der Waals surface area contributed by atoms with Gasteiger partial charge in [0.2, 0.25) is 0 Å². The zero-order chi connectivity index (χ0) is 23.1. The summed E-state index contributed by atoms with van der Waals surface area (Å²) in [7, 11) is 0. The molecule has 0 bridgehead atoms. The number of nitrogens with zero attached hydrogens (tertiary/aromatic N) is 2. The second kappa shape index (κ2) is 10.9.